The Kier molecular flexibility index (Phi) is 3.98. The van der Waals surface area contributed by atoms with Gasteiger partial charge in [0.05, 0.1) is 11.4 Å². The number of H-pyrrole nitrogens is 1. The zero-order valence-electron chi connectivity index (χ0n) is 11.1. The first kappa shape index (κ1) is 14.8. The fraction of sp³-hybridized carbons (Fsp3) is 0.250. The number of aryl methyl sites for hydroxylation is 1. The first-order chi connectivity index (χ1) is 9.29. The molecule has 6 nitrogen and oxygen atoms in total. The van der Waals surface area contributed by atoms with Crippen LogP contribution in [0.2, 0.25) is 0 Å². The minimum atomic E-state index is -3.67. The van der Waals surface area contributed by atoms with Gasteiger partial charge in [0.25, 0.3) is 0 Å². The van der Waals surface area contributed by atoms with Crippen molar-refractivity contribution in [3.05, 3.63) is 44.0 Å². The van der Waals surface area contributed by atoms with E-state index < -0.39 is 10.0 Å². The lowest BCUT2D eigenvalue weighted by Gasteiger charge is -2.11. The van der Waals surface area contributed by atoms with E-state index in [2.05, 4.69) is 9.71 Å². The molecule has 0 saturated carbocycles. The van der Waals surface area contributed by atoms with Crippen LogP contribution in [0.15, 0.2) is 27.2 Å². The third-order valence-corrected chi connectivity index (χ3v) is 5.10. The third-order valence-electron chi connectivity index (χ3n) is 2.86. The van der Waals surface area contributed by atoms with Gasteiger partial charge in [0, 0.05) is 16.8 Å². The second-order valence-corrected chi connectivity index (χ2v) is 7.05. The fourth-order valence-electron chi connectivity index (χ4n) is 1.78. The Balaban J connectivity index is 2.29. The molecule has 0 aliphatic carbocycles. The minimum absolute atomic E-state index is 0.0361. The maximum Gasteiger partial charge on any atom is 0.304 e. The van der Waals surface area contributed by atoms with Crippen molar-refractivity contribution in [1.29, 1.82) is 0 Å². The van der Waals surface area contributed by atoms with Gasteiger partial charge in [-0.1, -0.05) is 11.3 Å². The van der Waals surface area contributed by atoms with Crippen LogP contribution in [0.25, 0.3) is 0 Å². The first-order valence-electron chi connectivity index (χ1n) is 5.82. The molecule has 2 rings (SSSR count). The van der Waals surface area contributed by atoms with Gasteiger partial charge in [0.15, 0.2) is 0 Å². The monoisotopic (exact) mass is 313 g/mol. The summed E-state index contributed by atoms with van der Waals surface area (Å²) in [5.41, 5.74) is 8.05. The normalized spacial score (nSPS) is 11.7. The highest BCUT2D eigenvalue weighted by Gasteiger charge is 2.18. The quantitative estimate of drug-likeness (QED) is 0.735. The summed E-state index contributed by atoms with van der Waals surface area (Å²) < 4.78 is 27.0. The van der Waals surface area contributed by atoms with Crippen molar-refractivity contribution in [2.45, 2.75) is 25.3 Å². The van der Waals surface area contributed by atoms with Gasteiger partial charge in [-0.2, -0.15) is 0 Å². The highest BCUT2D eigenvalue weighted by molar-refractivity contribution is 7.89. The Hall–Kier alpha value is -1.64. The van der Waals surface area contributed by atoms with Gasteiger partial charge in [0.2, 0.25) is 10.0 Å². The highest BCUT2D eigenvalue weighted by atomic mass is 32.2. The predicted octanol–water partition coefficient (Wildman–Crippen LogP) is 1.11. The molecule has 0 saturated heterocycles. The van der Waals surface area contributed by atoms with Crippen molar-refractivity contribution in [2.24, 2.45) is 0 Å². The second-order valence-electron chi connectivity index (χ2n) is 4.48. The Morgan fingerprint density at radius 2 is 2.05 bits per heavy atom. The molecular weight excluding hydrogens is 298 g/mol. The SMILES string of the molecule is Cc1cc(N)c(C)c(S(=O)(=O)NCc2csc(=O)[nH]2)c1. The van der Waals surface area contributed by atoms with Crippen LogP contribution in [-0.4, -0.2) is 13.4 Å². The van der Waals surface area contributed by atoms with E-state index in [0.29, 0.717) is 16.9 Å². The predicted molar refractivity (Wildman–Crippen MR) is 79.3 cm³/mol. The molecule has 0 radical (unpaired) electrons. The smallest absolute Gasteiger partial charge is 0.304 e. The van der Waals surface area contributed by atoms with Crippen molar-refractivity contribution < 1.29 is 8.42 Å². The summed E-state index contributed by atoms with van der Waals surface area (Å²) in [6, 6.07) is 3.30. The second kappa shape index (κ2) is 5.39. The lowest BCUT2D eigenvalue weighted by Crippen LogP contribution is -2.24. The number of hydrogen-bond acceptors (Lipinski definition) is 5. The maximum absolute atomic E-state index is 12.3. The molecule has 1 heterocycles. The number of rotatable bonds is 4. The highest BCUT2D eigenvalue weighted by Crippen LogP contribution is 2.22. The number of aromatic amines is 1. The molecule has 2 aromatic rings. The largest absolute Gasteiger partial charge is 0.398 e. The number of anilines is 1. The van der Waals surface area contributed by atoms with Gasteiger partial charge in [-0.3, -0.25) is 4.79 Å². The zero-order chi connectivity index (χ0) is 14.9. The van der Waals surface area contributed by atoms with Crippen molar-refractivity contribution in [3.63, 3.8) is 0 Å². The molecular formula is C12H15N3O3S2. The Bertz CT molecular complexity index is 791. The number of sulfonamides is 1. The molecule has 4 N–H and O–H groups in total. The molecule has 0 unspecified atom stereocenters. The van der Waals surface area contributed by atoms with Crippen molar-refractivity contribution in [1.82, 2.24) is 9.71 Å². The molecule has 0 bridgehead atoms. The van der Waals surface area contributed by atoms with Gasteiger partial charge >= 0.3 is 4.87 Å². The van der Waals surface area contributed by atoms with E-state index in [0.717, 1.165) is 16.9 Å². The molecule has 0 amide bonds. The molecule has 0 atom stereocenters. The van der Waals surface area contributed by atoms with Crippen LogP contribution in [0.3, 0.4) is 0 Å². The van der Waals surface area contributed by atoms with Crippen LogP contribution >= 0.6 is 11.3 Å². The van der Waals surface area contributed by atoms with E-state index in [1.165, 1.54) is 0 Å². The number of aromatic nitrogens is 1. The summed E-state index contributed by atoms with van der Waals surface area (Å²) in [4.78, 5) is 13.5. The number of nitrogens with one attached hydrogen (secondary N) is 2. The topological polar surface area (TPSA) is 105 Å². The lowest BCUT2D eigenvalue weighted by atomic mass is 10.1. The van der Waals surface area contributed by atoms with Gasteiger partial charge < -0.3 is 10.7 Å². The van der Waals surface area contributed by atoms with E-state index in [4.69, 9.17) is 5.73 Å². The lowest BCUT2D eigenvalue weighted by molar-refractivity contribution is 0.580. The van der Waals surface area contributed by atoms with Gasteiger partial charge in [-0.25, -0.2) is 13.1 Å². The van der Waals surface area contributed by atoms with Gasteiger partial charge in [-0.15, -0.1) is 0 Å². The average Bonchev–Trinajstić information content (AvgIpc) is 2.77. The van der Waals surface area contributed by atoms with Crippen LogP contribution in [0.5, 0.6) is 0 Å². The average molecular weight is 313 g/mol. The molecule has 1 aromatic heterocycles. The Morgan fingerprint density at radius 1 is 1.35 bits per heavy atom. The van der Waals surface area contributed by atoms with Crippen molar-refractivity contribution in [2.75, 3.05) is 5.73 Å². The van der Waals surface area contributed by atoms with E-state index >= 15 is 0 Å². The van der Waals surface area contributed by atoms with Crippen LogP contribution < -0.4 is 15.3 Å². The fourth-order valence-corrected chi connectivity index (χ4v) is 3.73. The summed E-state index contributed by atoms with van der Waals surface area (Å²) in [7, 11) is -3.67. The van der Waals surface area contributed by atoms with E-state index in [9.17, 15) is 13.2 Å². The summed E-state index contributed by atoms with van der Waals surface area (Å²) >= 11 is 0.993. The number of hydrogen-bond donors (Lipinski definition) is 3. The third kappa shape index (κ3) is 3.09. The maximum atomic E-state index is 12.3. The number of nitrogen functional groups attached to an aromatic ring is 1. The van der Waals surface area contributed by atoms with Crippen LogP contribution in [0.4, 0.5) is 5.69 Å². The summed E-state index contributed by atoms with van der Waals surface area (Å²) in [5, 5.41) is 1.59. The summed E-state index contributed by atoms with van der Waals surface area (Å²) in [5.74, 6) is 0. The van der Waals surface area contributed by atoms with Crippen LogP contribution in [0.1, 0.15) is 16.8 Å². The molecule has 108 valence electrons. The number of nitrogens with two attached hydrogens (primary N) is 1. The van der Waals surface area contributed by atoms with Gasteiger partial charge in [-0.05, 0) is 37.1 Å². The first-order valence-corrected chi connectivity index (χ1v) is 8.19. The molecule has 0 spiro atoms. The van der Waals surface area contributed by atoms with Crippen LogP contribution in [0, 0.1) is 13.8 Å². The molecule has 8 heteroatoms. The minimum Gasteiger partial charge on any atom is -0.398 e. The standard InChI is InChI=1S/C12H15N3O3S2/c1-7-3-10(13)8(2)11(4-7)20(17,18)14-5-9-6-19-12(16)15-9/h3-4,6,14H,5,13H2,1-2H3,(H,15,16). The number of thiazole rings is 1. The molecule has 1 aromatic carbocycles. The van der Waals surface area contributed by atoms with E-state index in [-0.39, 0.29) is 16.3 Å². The van der Waals surface area contributed by atoms with Crippen LogP contribution in [-0.2, 0) is 16.6 Å². The van der Waals surface area contributed by atoms with Crippen molar-refractivity contribution >= 4 is 27.0 Å². The molecule has 0 aliphatic heterocycles. The Labute approximate surface area is 120 Å². The Morgan fingerprint density at radius 3 is 2.65 bits per heavy atom. The van der Waals surface area contributed by atoms with E-state index in [1.54, 1.807) is 31.4 Å². The van der Waals surface area contributed by atoms with Gasteiger partial charge in [0.1, 0.15) is 0 Å². The molecule has 20 heavy (non-hydrogen) atoms. The van der Waals surface area contributed by atoms with E-state index in [1.807, 2.05) is 0 Å². The number of benzene rings is 1. The summed E-state index contributed by atoms with van der Waals surface area (Å²) in [6.07, 6.45) is 0. The molecule has 0 aliphatic rings. The summed E-state index contributed by atoms with van der Waals surface area (Å²) in [6.45, 7) is 3.48. The zero-order valence-corrected chi connectivity index (χ0v) is 12.7. The van der Waals surface area contributed by atoms with Crippen molar-refractivity contribution in [3.8, 4) is 0 Å². The molecule has 0 fully saturated rings.